The van der Waals surface area contributed by atoms with Crippen LogP contribution >= 0.6 is 31.9 Å². The summed E-state index contributed by atoms with van der Waals surface area (Å²) in [6, 6.07) is 27.9. The Morgan fingerprint density at radius 2 is 1.05 bits per heavy atom. The van der Waals surface area contributed by atoms with Gasteiger partial charge in [0.15, 0.2) is 23.0 Å². The molecule has 4 aromatic carbocycles. The van der Waals surface area contributed by atoms with Crippen LogP contribution in [0.1, 0.15) is 45.6 Å². The van der Waals surface area contributed by atoms with Crippen LogP contribution < -0.4 is 18.9 Å². The number of ether oxygens (including phenoxy) is 4. The lowest BCUT2D eigenvalue weighted by atomic mass is 9.76. The molecule has 1 aliphatic rings. The summed E-state index contributed by atoms with van der Waals surface area (Å²) in [4.78, 5) is 0. The monoisotopic (exact) mass is 636 g/mol. The van der Waals surface area contributed by atoms with E-state index in [1.165, 1.54) is 27.8 Å². The first kappa shape index (κ1) is 26.6. The zero-order valence-electron chi connectivity index (χ0n) is 21.8. The van der Waals surface area contributed by atoms with E-state index >= 15 is 0 Å². The SMILES string of the molecule is COc1ccc([C@H]2c3cc(OC)c(OC)cc3[C@H](Cc3ccc(Br)cc3)[C@@H]2c2ccc(Br)cc2)cc1OC. The number of rotatable bonds is 8. The average molecular weight is 638 g/mol. The van der Waals surface area contributed by atoms with E-state index in [0.29, 0.717) is 5.75 Å². The largest absolute Gasteiger partial charge is 0.493 e. The standard InChI is InChI=1S/C32H30Br2O4/c1-35-27-14-9-21(16-28(27)36-2)32-26-18-30(38-4)29(37-3)17-24(26)25(15-19-5-10-22(33)11-6-19)31(32)20-7-12-23(34)13-8-20/h5-14,16-18,25,31-32H,15H2,1-4H3/t25-,31-,32-/m0/s1. The van der Waals surface area contributed by atoms with E-state index in [1.807, 2.05) is 6.07 Å². The molecule has 0 saturated heterocycles. The van der Waals surface area contributed by atoms with Gasteiger partial charge in [-0.3, -0.25) is 0 Å². The van der Waals surface area contributed by atoms with Crippen molar-refractivity contribution in [2.24, 2.45) is 0 Å². The third-order valence-electron chi connectivity index (χ3n) is 7.51. The summed E-state index contributed by atoms with van der Waals surface area (Å²) in [5.41, 5.74) is 6.25. The molecule has 0 amide bonds. The van der Waals surface area contributed by atoms with Gasteiger partial charge in [0.2, 0.25) is 0 Å². The smallest absolute Gasteiger partial charge is 0.161 e. The van der Waals surface area contributed by atoms with Crippen molar-refractivity contribution in [3.05, 3.63) is 116 Å². The van der Waals surface area contributed by atoms with Crippen molar-refractivity contribution in [3.8, 4) is 23.0 Å². The maximum atomic E-state index is 5.77. The van der Waals surface area contributed by atoms with Crippen molar-refractivity contribution < 1.29 is 18.9 Å². The highest BCUT2D eigenvalue weighted by Gasteiger charge is 2.43. The van der Waals surface area contributed by atoms with Crippen LogP contribution in [0.5, 0.6) is 23.0 Å². The van der Waals surface area contributed by atoms with Gasteiger partial charge in [0.25, 0.3) is 0 Å². The minimum atomic E-state index is 0.0752. The van der Waals surface area contributed by atoms with Crippen LogP contribution in [0.25, 0.3) is 0 Å². The van der Waals surface area contributed by atoms with E-state index in [9.17, 15) is 0 Å². The predicted molar refractivity (Wildman–Crippen MR) is 158 cm³/mol. The van der Waals surface area contributed by atoms with Crippen LogP contribution in [0.3, 0.4) is 0 Å². The van der Waals surface area contributed by atoms with Crippen molar-refractivity contribution in [1.82, 2.24) is 0 Å². The van der Waals surface area contributed by atoms with Gasteiger partial charge in [-0.25, -0.2) is 0 Å². The normalized spacial score (nSPS) is 18.1. The maximum absolute atomic E-state index is 5.77. The van der Waals surface area contributed by atoms with Crippen molar-refractivity contribution in [2.45, 2.75) is 24.2 Å². The fourth-order valence-corrected chi connectivity index (χ4v) is 6.30. The number of methoxy groups -OCH3 is 4. The second kappa shape index (κ2) is 11.4. The molecular weight excluding hydrogens is 608 g/mol. The average Bonchev–Trinajstić information content (AvgIpc) is 3.26. The lowest BCUT2D eigenvalue weighted by Crippen LogP contribution is -2.14. The molecule has 38 heavy (non-hydrogen) atoms. The summed E-state index contributed by atoms with van der Waals surface area (Å²) in [7, 11) is 6.73. The topological polar surface area (TPSA) is 36.9 Å². The molecular formula is C32H30Br2O4. The van der Waals surface area contributed by atoms with E-state index in [2.05, 4.69) is 105 Å². The van der Waals surface area contributed by atoms with Gasteiger partial charge in [0.1, 0.15) is 0 Å². The van der Waals surface area contributed by atoms with Gasteiger partial charge in [0, 0.05) is 20.8 Å². The van der Waals surface area contributed by atoms with Gasteiger partial charge in [0.05, 0.1) is 28.4 Å². The fourth-order valence-electron chi connectivity index (χ4n) is 5.77. The molecule has 0 aliphatic heterocycles. The quantitative estimate of drug-likeness (QED) is 0.194. The molecule has 0 fully saturated rings. The molecule has 6 heteroatoms. The second-order valence-electron chi connectivity index (χ2n) is 9.44. The van der Waals surface area contributed by atoms with E-state index in [-0.39, 0.29) is 17.8 Å². The summed E-state index contributed by atoms with van der Waals surface area (Å²) in [6.07, 6.45) is 0.889. The zero-order valence-corrected chi connectivity index (χ0v) is 25.0. The van der Waals surface area contributed by atoms with Gasteiger partial charge >= 0.3 is 0 Å². The van der Waals surface area contributed by atoms with Crippen molar-refractivity contribution in [2.75, 3.05) is 28.4 Å². The van der Waals surface area contributed by atoms with Crippen LogP contribution in [0.2, 0.25) is 0 Å². The molecule has 0 N–H and O–H groups in total. The number of hydrogen-bond donors (Lipinski definition) is 0. The van der Waals surface area contributed by atoms with Crippen LogP contribution in [0.4, 0.5) is 0 Å². The van der Waals surface area contributed by atoms with Crippen molar-refractivity contribution >= 4 is 31.9 Å². The Bertz CT molecular complexity index is 1420. The Kier molecular flexibility index (Phi) is 8.01. The molecule has 0 heterocycles. The molecule has 0 bridgehead atoms. The second-order valence-corrected chi connectivity index (χ2v) is 11.3. The third-order valence-corrected chi connectivity index (χ3v) is 8.56. The summed E-state index contributed by atoms with van der Waals surface area (Å²) in [5.74, 6) is 3.38. The lowest BCUT2D eigenvalue weighted by molar-refractivity contribution is 0.353. The molecule has 0 aromatic heterocycles. The Morgan fingerprint density at radius 3 is 1.63 bits per heavy atom. The van der Waals surface area contributed by atoms with Gasteiger partial charge < -0.3 is 18.9 Å². The van der Waals surface area contributed by atoms with Crippen LogP contribution in [-0.4, -0.2) is 28.4 Å². The van der Waals surface area contributed by atoms with Crippen LogP contribution in [-0.2, 0) is 6.42 Å². The summed E-state index contributed by atoms with van der Waals surface area (Å²) >= 11 is 7.21. The molecule has 0 spiro atoms. The molecule has 4 nitrogen and oxygen atoms in total. The number of halogens is 2. The van der Waals surface area contributed by atoms with E-state index in [0.717, 1.165) is 32.6 Å². The highest BCUT2D eigenvalue weighted by Crippen LogP contribution is 2.58. The molecule has 0 radical (unpaired) electrons. The first-order valence-electron chi connectivity index (χ1n) is 12.4. The van der Waals surface area contributed by atoms with Crippen molar-refractivity contribution in [3.63, 3.8) is 0 Å². The van der Waals surface area contributed by atoms with Gasteiger partial charge in [-0.15, -0.1) is 0 Å². The molecule has 0 saturated carbocycles. The number of benzene rings is 4. The van der Waals surface area contributed by atoms with Gasteiger partial charge in [-0.1, -0.05) is 62.2 Å². The molecule has 0 unspecified atom stereocenters. The zero-order chi connectivity index (χ0) is 26.8. The fraction of sp³-hybridized carbons (Fsp3) is 0.250. The molecule has 196 valence electrons. The predicted octanol–water partition coefficient (Wildman–Crippen LogP) is 8.50. The highest BCUT2D eigenvalue weighted by molar-refractivity contribution is 9.10. The van der Waals surface area contributed by atoms with Gasteiger partial charge in [-0.05, 0) is 88.7 Å². The van der Waals surface area contributed by atoms with E-state index in [4.69, 9.17) is 18.9 Å². The summed E-state index contributed by atoms with van der Waals surface area (Å²) in [5, 5.41) is 0. The Balaban J connectivity index is 1.74. The Morgan fingerprint density at radius 1 is 0.553 bits per heavy atom. The molecule has 4 aromatic rings. The highest BCUT2D eigenvalue weighted by atomic mass is 79.9. The number of fused-ring (bicyclic) bond motifs is 1. The van der Waals surface area contributed by atoms with Crippen LogP contribution in [0.15, 0.2) is 87.8 Å². The first-order valence-corrected chi connectivity index (χ1v) is 14.0. The summed E-state index contributed by atoms with van der Waals surface area (Å²) < 4.78 is 24.9. The first-order chi connectivity index (χ1) is 18.5. The number of hydrogen-bond acceptors (Lipinski definition) is 4. The molecule has 1 aliphatic carbocycles. The third kappa shape index (κ3) is 5.04. The Labute approximate surface area is 241 Å². The minimum Gasteiger partial charge on any atom is -0.493 e. The van der Waals surface area contributed by atoms with Crippen molar-refractivity contribution in [1.29, 1.82) is 0 Å². The minimum absolute atomic E-state index is 0.0752. The van der Waals surface area contributed by atoms with E-state index in [1.54, 1.807) is 28.4 Å². The lowest BCUT2D eigenvalue weighted by Gasteiger charge is -2.27. The Hall–Kier alpha value is -2.96. The van der Waals surface area contributed by atoms with E-state index < -0.39 is 0 Å². The molecule has 3 atom stereocenters. The van der Waals surface area contributed by atoms with Crippen LogP contribution in [0, 0.1) is 0 Å². The van der Waals surface area contributed by atoms with Gasteiger partial charge in [-0.2, -0.15) is 0 Å². The summed E-state index contributed by atoms with van der Waals surface area (Å²) in [6.45, 7) is 0. The maximum Gasteiger partial charge on any atom is 0.161 e. The molecule has 5 rings (SSSR count).